The number of hydrogen-bond acceptors (Lipinski definition) is 6. The van der Waals surface area contributed by atoms with Gasteiger partial charge in [0.05, 0.1) is 33.2 Å². The Morgan fingerprint density at radius 1 is 0.838 bits per heavy atom. The maximum Gasteiger partial charge on any atom is 0.289 e. The fraction of sp³-hybridized carbons (Fsp3) is 0.167. The van der Waals surface area contributed by atoms with Crippen LogP contribution in [0.25, 0.3) is 0 Å². The molecule has 0 aliphatic carbocycles. The van der Waals surface area contributed by atoms with Crippen LogP contribution in [0.3, 0.4) is 0 Å². The average Bonchev–Trinajstić information content (AvgIpc) is 2.91. The molecule has 0 bridgehead atoms. The van der Waals surface area contributed by atoms with Gasteiger partial charge in [-0.25, -0.2) is 9.78 Å². The minimum Gasteiger partial charge on any atom is -0.493 e. The van der Waals surface area contributed by atoms with E-state index in [0.29, 0.717) is 5.02 Å². The lowest BCUT2D eigenvalue weighted by Crippen LogP contribution is -2.24. The zero-order valence-corrected chi connectivity index (χ0v) is 24.2. The minimum absolute atomic E-state index is 0.0135. The number of aromatic amines is 1. The van der Waals surface area contributed by atoms with Crippen molar-refractivity contribution in [2.24, 2.45) is 0 Å². The van der Waals surface area contributed by atoms with E-state index in [4.69, 9.17) is 55.9 Å². The standard InChI is InChI=1S/C12H10Cl2N2O2.C7H6BrCl.C5H5ClN2O2/c1-18-10-6-15-16(12(17)11(10)14)7-8-4-2-3-5-9(8)13;8-5-6-3-1-2-4-7(6)9;1-10-3-2-7-8-5(9)4(3)6/h2-6H,7H2,1H3;1-4H,5H2;2H,1H3,(H,8,9). The third-order valence-electron chi connectivity index (χ3n) is 4.54. The van der Waals surface area contributed by atoms with Gasteiger partial charge < -0.3 is 9.47 Å². The van der Waals surface area contributed by atoms with Gasteiger partial charge in [-0.15, -0.1) is 0 Å². The first-order valence-corrected chi connectivity index (χ1v) is 13.0. The number of hydrogen-bond donors (Lipinski definition) is 1. The van der Waals surface area contributed by atoms with E-state index in [1.54, 1.807) is 6.07 Å². The van der Waals surface area contributed by atoms with Crippen LogP contribution in [-0.2, 0) is 11.9 Å². The summed E-state index contributed by atoms with van der Waals surface area (Å²) in [5.41, 5.74) is 1.09. The summed E-state index contributed by atoms with van der Waals surface area (Å²) >= 11 is 26.5. The van der Waals surface area contributed by atoms with Crippen molar-refractivity contribution in [1.82, 2.24) is 20.0 Å². The number of aromatic nitrogens is 4. The Labute approximate surface area is 241 Å². The largest absolute Gasteiger partial charge is 0.493 e. The van der Waals surface area contributed by atoms with Crippen molar-refractivity contribution in [2.45, 2.75) is 11.9 Å². The minimum atomic E-state index is -0.444. The number of nitrogens with one attached hydrogen (secondary N) is 1. The molecular weight excluding hydrogens is 630 g/mol. The lowest BCUT2D eigenvalue weighted by atomic mass is 10.2. The first kappa shape index (κ1) is 30.7. The molecule has 2 aromatic heterocycles. The van der Waals surface area contributed by atoms with Gasteiger partial charge >= 0.3 is 0 Å². The zero-order chi connectivity index (χ0) is 27.4. The van der Waals surface area contributed by atoms with Gasteiger partial charge in [-0.3, -0.25) is 9.59 Å². The lowest BCUT2D eigenvalue weighted by Gasteiger charge is -2.08. The third-order valence-corrected chi connectivity index (χ3v) is 6.58. The fourth-order valence-electron chi connectivity index (χ4n) is 2.61. The van der Waals surface area contributed by atoms with Crippen molar-refractivity contribution in [3.05, 3.63) is 113 Å². The van der Waals surface area contributed by atoms with Gasteiger partial charge in [-0.05, 0) is 23.3 Å². The number of ether oxygens (including phenoxy) is 2. The topological polar surface area (TPSA) is 99.1 Å². The van der Waals surface area contributed by atoms with Crippen LogP contribution in [0.2, 0.25) is 20.1 Å². The number of halogens is 5. The molecule has 2 heterocycles. The van der Waals surface area contributed by atoms with Crippen LogP contribution < -0.4 is 20.6 Å². The predicted molar refractivity (Wildman–Crippen MR) is 151 cm³/mol. The summed E-state index contributed by atoms with van der Waals surface area (Å²) in [6.45, 7) is 0.266. The van der Waals surface area contributed by atoms with Gasteiger partial charge in [-0.1, -0.05) is 98.7 Å². The molecule has 4 rings (SSSR count). The van der Waals surface area contributed by atoms with E-state index in [2.05, 4.69) is 31.2 Å². The van der Waals surface area contributed by atoms with Crippen molar-refractivity contribution in [2.75, 3.05) is 14.2 Å². The molecule has 4 aromatic rings. The number of benzene rings is 2. The van der Waals surface area contributed by atoms with E-state index in [1.807, 2.05) is 42.5 Å². The summed E-state index contributed by atoms with van der Waals surface area (Å²) in [6.07, 6.45) is 2.74. The van der Waals surface area contributed by atoms with Crippen LogP contribution in [0, 0.1) is 0 Å². The summed E-state index contributed by atoms with van der Waals surface area (Å²) in [4.78, 5) is 22.6. The number of methoxy groups -OCH3 is 2. The second-order valence-corrected chi connectivity index (χ2v) is 9.02. The highest BCUT2D eigenvalue weighted by Crippen LogP contribution is 2.19. The molecule has 2 aromatic carbocycles. The molecule has 0 aliphatic heterocycles. The highest BCUT2D eigenvalue weighted by Gasteiger charge is 2.10. The number of nitrogens with zero attached hydrogens (tertiary/aromatic N) is 3. The van der Waals surface area contributed by atoms with E-state index in [1.165, 1.54) is 31.3 Å². The molecule has 0 spiro atoms. The van der Waals surface area contributed by atoms with Crippen molar-refractivity contribution in [3.63, 3.8) is 0 Å². The van der Waals surface area contributed by atoms with Crippen LogP contribution in [0.4, 0.5) is 0 Å². The van der Waals surface area contributed by atoms with E-state index in [9.17, 15) is 9.59 Å². The second-order valence-electron chi connectivity index (χ2n) is 6.89. The van der Waals surface area contributed by atoms with E-state index < -0.39 is 11.1 Å². The third kappa shape index (κ3) is 9.05. The Morgan fingerprint density at radius 3 is 1.86 bits per heavy atom. The Morgan fingerprint density at radius 2 is 1.38 bits per heavy atom. The van der Waals surface area contributed by atoms with Crippen LogP contribution in [0.15, 0.2) is 70.5 Å². The monoisotopic (exact) mass is 648 g/mol. The molecule has 0 aliphatic rings. The smallest absolute Gasteiger partial charge is 0.289 e. The quantitative estimate of drug-likeness (QED) is 0.256. The summed E-state index contributed by atoms with van der Waals surface area (Å²) < 4.78 is 10.9. The van der Waals surface area contributed by atoms with Crippen LogP contribution in [0.1, 0.15) is 11.1 Å². The molecule has 0 saturated heterocycles. The maximum atomic E-state index is 11.9. The molecule has 8 nitrogen and oxygen atoms in total. The molecule has 0 amide bonds. The molecule has 0 fully saturated rings. The summed E-state index contributed by atoms with van der Waals surface area (Å²) in [5.74, 6) is 0.544. The van der Waals surface area contributed by atoms with Crippen molar-refractivity contribution in [3.8, 4) is 11.5 Å². The van der Waals surface area contributed by atoms with E-state index in [0.717, 1.165) is 21.5 Å². The predicted octanol–water partition coefficient (Wildman–Crippen LogP) is 6.27. The van der Waals surface area contributed by atoms with Gasteiger partial charge in [0.15, 0.2) is 21.5 Å². The number of alkyl halides is 1. The first-order chi connectivity index (χ1) is 17.7. The molecule has 0 radical (unpaired) electrons. The first-order valence-electron chi connectivity index (χ1n) is 10.3. The highest BCUT2D eigenvalue weighted by molar-refractivity contribution is 9.08. The Balaban J connectivity index is 0.000000214. The molecule has 0 saturated carbocycles. The van der Waals surface area contributed by atoms with E-state index in [-0.39, 0.29) is 28.1 Å². The van der Waals surface area contributed by atoms with Crippen molar-refractivity contribution < 1.29 is 9.47 Å². The molecule has 0 atom stereocenters. The highest BCUT2D eigenvalue weighted by atomic mass is 79.9. The Hall–Kier alpha value is -2.56. The van der Waals surface area contributed by atoms with Crippen LogP contribution in [-0.4, -0.2) is 34.2 Å². The van der Waals surface area contributed by atoms with Gasteiger partial charge in [0.25, 0.3) is 11.1 Å². The summed E-state index contributed by atoms with van der Waals surface area (Å²) in [6, 6.07) is 15.0. The molecule has 37 heavy (non-hydrogen) atoms. The molecule has 196 valence electrons. The second kappa shape index (κ2) is 15.6. The molecule has 0 unspecified atom stereocenters. The molecular formula is C24H21BrCl4N4O4. The maximum absolute atomic E-state index is 11.9. The van der Waals surface area contributed by atoms with Crippen molar-refractivity contribution in [1.29, 1.82) is 0 Å². The van der Waals surface area contributed by atoms with Gasteiger partial charge in [0.2, 0.25) is 0 Å². The van der Waals surface area contributed by atoms with Crippen LogP contribution >= 0.6 is 62.3 Å². The van der Waals surface area contributed by atoms with Gasteiger partial charge in [-0.2, -0.15) is 10.2 Å². The normalized spacial score (nSPS) is 9.92. The van der Waals surface area contributed by atoms with Gasteiger partial charge in [0.1, 0.15) is 0 Å². The lowest BCUT2D eigenvalue weighted by molar-refractivity contribution is 0.407. The van der Waals surface area contributed by atoms with Crippen molar-refractivity contribution >= 4 is 62.3 Å². The molecule has 13 heteroatoms. The summed E-state index contributed by atoms with van der Waals surface area (Å²) in [5, 5.41) is 11.9. The SMILES string of the molecule is COc1cn[nH]c(=O)c1Cl.COc1cnn(Cc2ccccc2Cl)c(=O)c1Cl.Clc1ccccc1CBr. The molecule has 1 N–H and O–H groups in total. The van der Waals surface area contributed by atoms with Gasteiger partial charge in [0, 0.05) is 15.4 Å². The van der Waals surface area contributed by atoms with Crippen LogP contribution in [0.5, 0.6) is 11.5 Å². The Bertz CT molecular complexity index is 1430. The fourth-order valence-corrected chi connectivity index (χ4v) is 4.05. The average molecular weight is 651 g/mol. The number of H-pyrrole nitrogens is 1. The number of rotatable bonds is 5. The van der Waals surface area contributed by atoms with E-state index >= 15 is 0 Å². The zero-order valence-electron chi connectivity index (χ0n) is 19.6. The Kier molecular flexibility index (Phi) is 13.0. The summed E-state index contributed by atoms with van der Waals surface area (Å²) in [7, 11) is 2.85.